The minimum absolute atomic E-state index is 0.0873. The van der Waals surface area contributed by atoms with Gasteiger partial charge in [0.15, 0.2) is 5.96 Å². The Hall–Kier alpha value is -3.38. The first-order valence-corrected chi connectivity index (χ1v) is 11.3. The summed E-state index contributed by atoms with van der Waals surface area (Å²) in [7, 11) is 0. The Bertz CT molecular complexity index is 777. The monoisotopic (exact) mass is 478 g/mol. The summed E-state index contributed by atoms with van der Waals surface area (Å²) in [5.74, 6) is -1.08. The number of hydrogen-bond donors (Lipinski definition) is 8. The predicted molar refractivity (Wildman–Crippen MR) is 130 cm³/mol. The molecule has 0 fully saturated rings. The first-order chi connectivity index (χ1) is 16.2. The average Bonchev–Trinajstić information content (AvgIpc) is 2.78. The first kappa shape index (κ1) is 28.7. The fourth-order valence-electron chi connectivity index (χ4n) is 3.27. The molecule has 0 aliphatic heterocycles. The molecule has 0 aromatic heterocycles. The van der Waals surface area contributed by atoms with Crippen LogP contribution in [0.3, 0.4) is 0 Å². The first-order valence-electron chi connectivity index (χ1n) is 11.3. The number of carbonyl (C=O) groups excluding carboxylic acids is 3. The van der Waals surface area contributed by atoms with Crippen LogP contribution in [0.5, 0.6) is 0 Å². The van der Waals surface area contributed by atoms with Gasteiger partial charge in [-0.05, 0) is 44.1 Å². The molecule has 190 valence electrons. The van der Waals surface area contributed by atoms with E-state index in [2.05, 4.69) is 20.7 Å². The smallest absolute Gasteiger partial charge is 0.404 e. The zero-order valence-corrected chi connectivity index (χ0v) is 19.4. The third-order valence-corrected chi connectivity index (χ3v) is 5.08. The molecule has 0 radical (unpaired) electrons. The summed E-state index contributed by atoms with van der Waals surface area (Å²) in [4.78, 5) is 35.5. The third-order valence-electron chi connectivity index (χ3n) is 5.08. The number of guanidine groups is 1. The van der Waals surface area contributed by atoms with Crippen LogP contribution in [0.25, 0.3) is 0 Å². The molecule has 0 saturated heterocycles. The second kappa shape index (κ2) is 16.3. The number of hydrogen-bond acceptors (Lipinski definition) is 7. The molecule has 12 N–H and O–H groups in total. The van der Waals surface area contributed by atoms with E-state index in [-0.39, 0.29) is 24.5 Å². The fourth-order valence-corrected chi connectivity index (χ4v) is 3.27. The molecule has 12 heteroatoms. The maximum Gasteiger partial charge on any atom is 0.404 e. The maximum absolute atomic E-state index is 13.0. The molecule has 3 amide bonds. The van der Waals surface area contributed by atoms with Gasteiger partial charge >= 0.3 is 6.09 Å². The van der Waals surface area contributed by atoms with Crippen LogP contribution in [0, 0.1) is 5.41 Å². The third kappa shape index (κ3) is 13.2. The van der Waals surface area contributed by atoms with Crippen molar-refractivity contribution in [2.45, 2.75) is 56.7 Å². The highest BCUT2D eigenvalue weighted by atomic mass is 16.5. The normalized spacial score (nSPS) is 13.3. The molecule has 0 heterocycles. The minimum Gasteiger partial charge on any atom is -0.450 e. The van der Waals surface area contributed by atoms with E-state index in [4.69, 9.17) is 28.3 Å². The number of ether oxygens (including phenoxy) is 1. The number of benzene rings is 1. The van der Waals surface area contributed by atoms with Crippen LogP contribution in [-0.2, 0) is 20.7 Å². The van der Waals surface area contributed by atoms with Crippen molar-refractivity contribution in [3.63, 3.8) is 0 Å². The second-order valence-electron chi connectivity index (χ2n) is 8.02. The Kier molecular flexibility index (Phi) is 13.7. The molecule has 0 bridgehead atoms. The number of carbonyl (C=O) groups is 3. The Labute approximate surface area is 200 Å². The Morgan fingerprint density at radius 1 is 0.971 bits per heavy atom. The highest BCUT2D eigenvalue weighted by Gasteiger charge is 2.24. The number of rotatable bonds is 17. The highest BCUT2D eigenvalue weighted by molar-refractivity contribution is 5.89. The van der Waals surface area contributed by atoms with Gasteiger partial charge in [-0.1, -0.05) is 30.3 Å². The van der Waals surface area contributed by atoms with E-state index >= 15 is 0 Å². The summed E-state index contributed by atoms with van der Waals surface area (Å²) in [6.45, 7) is 1.06. The van der Waals surface area contributed by atoms with Gasteiger partial charge in [0.05, 0.1) is 12.6 Å². The maximum atomic E-state index is 13.0. The summed E-state index contributed by atoms with van der Waals surface area (Å²) >= 11 is 0. The zero-order valence-electron chi connectivity index (χ0n) is 19.4. The van der Waals surface area contributed by atoms with E-state index < -0.39 is 24.1 Å². The van der Waals surface area contributed by atoms with E-state index in [9.17, 15) is 14.4 Å². The van der Waals surface area contributed by atoms with Crippen molar-refractivity contribution in [2.75, 3.05) is 19.7 Å². The van der Waals surface area contributed by atoms with Crippen LogP contribution in [0.4, 0.5) is 4.79 Å². The number of nitrogens with two attached hydrogens (primary N) is 4. The molecule has 0 aliphatic carbocycles. The van der Waals surface area contributed by atoms with Crippen molar-refractivity contribution in [3.05, 3.63) is 35.9 Å². The van der Waals surface area contributed by atoms with Crippen molar-refractivity contribution in [1.29, 1.82) is 5.41 Å². The zero-order chi connectivity index (χ0) is 25.3. The topological polar surface area (TPSA) is 224 Å². The summed E-state index contributed by atoms with van der Waals surface area (Å²) in [5, 5.41) is 15.8. The van der Waals surface area contributed by atoms with Crippen molar-refractivity contribution in [1.82, 2.24) is 16.0 Å². The van der Waals surface area contributed by atoms with Gasteiger partial charge in [-0.2, -0.15) is 0 Å². The van der Waals surface area contributed by atoms with E-state index in [1.165, 1.54) is 0 Å². The highest BCUT2D eigenvalue weighted by Crippen LogP contribution is 2.07. The molecule has 0 aliphatic rings. The molecular weight excluding hydrogens is 440 g/mol. The average molecular weight is 479 g/mol. The van der Waals surface area contributed by atoms with Crippen LogP contribution < -0.4 is 38.9 Å². The van der Waals surface area contributed by atoms with Crippen molar-refractivity contribution >= 4 is 23.9 Å². The summed E-state index contributed by atoms with van der Waals surface area (Å²) in [5.41, 5.74) is 22.8. The van der Waals surface area contributed by atoms with Gasteiger partial charge < -0.3 is 43.6 Å². The summed E-state index contributed by atoms with van der Waals surface area (Å²) in [6.07, 6.45) is 2.25. The van der Waals surface area contributed by atoms with Crippen molar-refractivity contribution < 1.29 is 19.1 Å². The lowest BCUT2D eigenvalue weighted by molar-refractivity contribution is -0.128. The predicted octanol–water partition coefficient (Wildman–Crippen LogP) is -0.986. The number of amides is 3. The largest absolute Gasteiger partial charge is 0.450 e. The van der Waals surface area contributed by atoms with Crippen LogP contribution in [0.15, 0.2) is 30.3 Å². The van der Waals surface area contributed by atoms with Crippen molar-refractivity contribution in [3.8, 4) is 0 Å². The molecule has 1 aromatic rings. The molecule has 3 atom stereocenters. The lowest BCUT2D eigenvalue weighted by atomic mass is 10.0. The second-order valence-corrected chi connectivity index (χ2v) is 8.02. The molecule has 1 rings (SSSR count). The van der Waals surface area contributed by atoms with Gasteiger partial charge in [-0.3, -0.25) is 15.0 Å². The van der Waals surface area contributed by atoms with Gasteiger partial charge in [0.25, 0.3) is 0 Å². The molecule has 12 nitrogen and oxygen atoms in total. The lowest BCUT2D eigenvalue weighted by Crippen LogP contribution is -2.54. The number of unbranched alkanes of at least 4 members (excludes halogenated alkanes) is 1. The quantitative estimate of drug-likeness (QED) is 0.0786. The van der Waals surface area contributed by atoms with Crippen LogP contribution >= 0.6 is 0 Å². The summed E-state index contributed by atoms with van der Waals surface area (Å²) < 4.78 is 4.66. The Morgan fingerprint density at radius 2 is 1.68 bits per heavy atom. The molecule has 0 spiro atoms. The van der Waals surface area contributed by atoms with E-state index in [1.54, 1.807) is 0 Å². The van der Waals surface area contributed by atoms with E-state index in [0.717, 1.165) is 12.0 Å². The lowest BCUT2D eigenvalue weighted by Gasteiger charge is -2.23. The van der Waals surface area contributed by atoms with Gasteiger partial charge in [0, 0.05) is 19.1 Å². The minimum atomic E-state index is -0.858. The van der Waals surface area contributed by atoms with Gasteiger partial charge in [-0.15, -0.1) is 0 Å². The Balaban J connectivity index is 2.66. The van der Waals surface area contributed by atoms with Gasteiger partial charge in [0.1, 0.15) is 6.04 Å². The number of primary amides is 2. The summed E-state index contributed by atoms with van der Waals surface area (Å²) in [6, 6.07) is 7.81. The molecule has 3 unspecified atom stereocenters. The van der Waals surface area contributed by atoms with E-state index in [1.807, 2.05) is 30.3 Å². The molecule has 34 heavy (non-hydrogen) atoms. The number of nitrogens with one attached hydrogen (secondary N) is 4. The van der Waals surface area contributed by atoms with Crippen LogP contribution in [0.1, 0.15) is 37.7 Å². The standard InChI is InChI=1S/C22H38N8O4/c23-16(9-6-11-28-21(25)26)14-29-18(13-15-7-2-1-3-8-15)20(32)30-17(19(24)31)10-4-5-12-34-22(27)33/h1-3,7-8,16-18,29H,4-6,9-14,23H2,(H2,24,31)(H2,27,33)(H,30,32)(H4,25,26,28). The Morgan fingerprint density at radius 3 is 2.29 bits per heavy atom. The van der Waals surface area contributed by atoms with Crippen LogP contribution in [-0.4, -0.2) is 61.7 Å². The van der Waals surface area contributed by atoms with Crippen molar-refractivity contribution in [2.24, 2.45) is 22.9 Å². The molecule has 0 saturated carbocycles. The van der Waals surface area contributed by atoms with Crippen LogP contribution in [0.2, 0.25) is 0 Å². The molecule has 1 aromatic carbocycles. The van der Waals surface area contributed by atoms with Gasteiger partial charge in [0.2, 0.25) is 11.8 Å². The SMILES string of the molecule is N=C(N)NCCCC(N)CNC(Cc1ccccc1)C(=O)NC(CCCCOC(N)=O)C(N)=O. The fraction of sp³-hybridized carbons (Fsp3) is 0.545. The molecular formula is C22H38N8O4. The van der Waals surface area contributed by atoms with E-state index in [0.29, 0.717) is 45.2 Å². The van der Waals surface area contributed by atoms with Gasteiger partial charge in [-0.25, -0.2) is 4.79 Å².